The summed E-state index contributed by atoms with van der Waals surface area (Å²) in [6.07, 6.45) is 3.15. The van der Waals surface area contributed by atoms with Crippen LogP contribution in [0.1, 0.15) is 19.8 Å². The van der Waals surface area contributed by atoms with E-state index in [0.29, 0.717) is 6.54 Å². The van der Waals surface area contributed by atoms with Crippen molar-refractivity contribution >= 4 is 15.9 Å². The molecule has 0 unspecified atom stereocenters. The Labute approximate surface area is 101 Å². The minimum absolute atomic E-state index is 0.0877. The van der Waals surface area contributed by atoms with Crippen molar-refractivity contribution in [3.05, 3.63) is 0 Å². The first-order valence-corrected chi connectivity index (χ1v) is 7.56. The van der Waals surface area contributed by atoms with Gasteiger partial charge in [-0.25, -0.2) is 8.42 Å². The molecule has 2 fully saturated rings. The van der Waals surface area contributed by atoms with Crippen molar-refractivity contribution in [2.45, 2.75) is 31.4 Å². The van der Waals surface area contributed by atoms with E-state index in [1.807, 2.05) is 0 Å². The number of morpholine rings is 1. The van der Waals surface area contributed by atoms with Gasteiger partial charge in [0.15, 0.2) is 5.60 Å². The zero-order valence-corrected chi connectivity index (χ0v) is 10.9. The molecule has 1 atom stereocenters. The number of carbonyl (C=O) groups excluding carboxylic acids is 1. The van der Waals surface area contributed by atoms with E-state index in [0.717, 1.165) is 19.1 Å². The lowest BCUT2D eigenvalue weighted by molar-refractivity contribution is -0.152. The maximum Gasteiger partial charge on any atom is 0.253 e. The normalized spacial score (nSPS) is 31.2. The van der Waals surface area contributed by atoms with E-state index in [9.17, 15) is 13.2 Å². The van der Waals surface area contributed by atoms with Gasteiger partial charge in [0.1, 0.15) is 0 Å². The topological polar surface area (TPSA) is 75.7 Å². The number of nitrogens with one attached hydrogen (secondary N) is 1. The van der Waals surface area contributed by atoms with Crippen LogP contribution in [0, 0.1) is 0 Å². The number of ether oxygens (including phenoxy) is 1. The predicted molar refractivity (Wildman–Crippen MR) is 61.9 cm³/mol. The Kier molecular flexibility index (Phi) is 3.17. The largest absolute Gasteiger partial charge is 0.363 e. The lowest BCUT2D eigenvalue weighted by Gasteiger charge is -2.37. The van der Waals surface area contributed by atoms with Gasteiger partial charge in [-0.1, -0.05) is 0 Å². The lowest BCUT2D eigenvalue weighted by atomic mass is 10.0. The van der Waals surface area contributed by atoms with E-state index in [1.54, 1.807) is 6.92 Å². The summed E-state index contributed by atoms with van der Waals surface area (Å²) in [6, 6.07) is 0.247. The number of hydrogen-bond acceptors (Lipinski definition) is 4. The first-order valence-electron chi connectivity index (χ1n) is 5.71. The maximum absolute atomic E-state index is 12.0. The van der Waals surface area contributed by atoms with E-state index in [1.165, 1.54) is 4.31 Å². The molecule has 1 N–H and O–H groups in total. The highest BCUT2D eigenvalue weighted by molar-refractivity contribution is 7.88. The summed E-state index contributed by atoms with van der Waals surface area (Å²) < 4.78 is 29.7. The minimum Gasteiger partial charge on any atom is -0.363 e. The van der Waals surface area contributed by atoms with Gasteiger partial charge in [0.2, 0.25) is 10.0 Å². The molecular weight excluding hydrogens is 244 g/mol. The van der Waals surface area contributed by atoms with Crippen LogP contribution in [0.4, 0.5) is 0 Å². The summed E-state index contributed by atoms with van der Waals surface area (Å²) in [7, 11) is -3.27. The molecule has 6 nitrogen and oxygen atoms in total. The van der Waals surface area contributed by atoms with Crippen molar-refractivity contribution in [2.24, 2.45) is 0 Å². The maximum atomic E-state index is 12.0. The Morgan fingerprint density at radius 2 is 2.12 bits per heavy atom. The predicted octanol–water partition coefficient (Wildman–Crippen LogP) is -0.684. The molecular formula is C10H18N2O4S. The van der Waals surface area contributed by atoms with Crippen LogP contribution in [-0.4, -0.2) is 56.2 Å². The minimum atomic E-state index is -3.27. The van der Waals surface area contributed by atoms with Gasteiger partial charge in [0, 0.05) is 12.6 Å². The molecule has 1 heterocycles. The molecule has 0 spiro atoms. The third-order valence-corrected chi connectivity index (χ3v) is 4.35. The van der Waals surface area contributed by atoms with Crippen LogP contribution >= 0.6 is 0 Å². The fourth-order valence-electron chi connectivity index (χ4n) is 1.82. The Balaban J connectivity index is 2.05. The molecule has 0 aromatic carbocycles. The van der Waals surface area contributed by atoms with E-state index in [-0.39, 0.29) is 25.1 Å². The van der Waals surface area contributed by atoms with Crippen LogP contribution in [0.5, 0.6) is 0 Å². The van der Waals surface area contributed by atoms with Crippen LogP contribution in [0.3, 0.4) is 0 Å². The molecule has 2 aliphatic rings. The molecule has 98 valence electrons. The standard InChI is InChI=1S/C10H18N2O4S/c1-10(9(13)11-8-3-4-8)7-12(5-6-16-10)17(2,14)15/h8H,3-7H2,1-2H3,(H,11,13)/t10-/m1/s1. The van der Waals surface area contributed by atoms with Gasteiger partial charge in [0.25, 0.3) is 5.91 Å². The average Bonchev–Trinajstić information content (AvgIpc) is 3.00. The molecule has 7 heteroatoms. The van der Waals surface area contributed by atoms with Gasteiger partial charge in [-0.15, -0.1) is 0 Å². The molecule has 1 aliphatic heterocycles. The average molecular weight is 262 g/mol. The molecule has 2 rings (SSSR count). The molecule has 0 radical (unpaired) electrons. The SMILES string of the molecule is C[C@]1(C(=O)NC2CC2)CN(S(C)(=O)=O)CCO1. The first kappa shape index (κ1) is 12.8. The third-order valence-electron chi connectivity index (χ3n) is 3.10. The Morgan fingerprint density at radius 1 is 1.47 bits per heavy atom. The van der Waals surface area contributed by atoms with Gasteiger partial charge in [-0.05, 0) is 19.8 Å². The highest BCUT2D eigenvalue weighted by atomic mass is 32.2. The summed E-state index contributed by atoms with van der Waals surface area (Å²) >= 11 is 0. The fraction of sp³-hybridized carbons (Fsp3) is 0.900. The molecule has 1 aliphatic carbocycles. The molecule has 17 heavy (non-hydrogen) atoms. The van der Waals surface area contributed by atoms with Crippen LogP contribution in [0.15, 0.2) is 0 Å². The van der Waals surface area contributed by atoms with Crippen molar-refractivity contribution in [1.82, 2.24) is 9.62 Å². The number of rotatable bonds is 3. The van der Waals surface area contributed by atoms with E-state index in [4.69, 9.17) is 4.74 Å². The number of nitrogens with zero attached hydrogens (tertiary/aromatic N) is 1. The fourth-order valence-corrected chi connectivity index (χ4v) is 2.71. The van der Waals surface area contributed by atoms with Crippen LogP contribution in [0.25, 0.3) is 0 Å². The molecule has 0 aromatic heterocycles. The monoisotopic (exact) mass is 262 g/mol. The zero-order valence-electron chi connectivity index (χ0n) is 10.1. The first-order chi connectivity index (χ1) is 7.81. The third kappa shape index (κ3) is 2.97. The van der Waals surface area contributed by atoms with Crippen molar-refractivity contribution in [1.29, 1.82) is 0 Å². The second kappa shape index (κ2) is 4.22. The summed E-state index contributed by atoms with van der Waals surface area (Å²) in [4.78, 5) is 12.0. The highest BCUT2D eigenvalue weighted by Crippen LogP contribution is 2.24. The Bertz CT molecular complexity index is 418. The van der Waals surface area contributed by atoms with Gasteiger partial charge in [-0.3, -0.25) is 4.79 Å². The quantitative estimate of drug-likeness (QED) is 0.731. The second-order valence-electron chi connectivity index (χ2n) is 4.92. The number of amides is 1. The van der Waals surface area contributed by atoms with Gasteiger partial charge in [-0.2, -0.15) is 4.31 Å². The van der Waals surface area contributed by atoms with E-state index >= 15 is 0 Å². The molecule has 0 bridgehead atoms. The molecule has 0 aromatic rings. The summed E-state index contributed by atoms with van der Waals surface area (Å²) in [5.41, 5.74) is -1.07. The summed E-state index contributed by atoms with van der Waals surface area (Å²) in [5, 5.41) is 2.85. The van der Waals surface area contributed by atoms with Crippen molar-refractivity contribution in [2.75, 3.05) is 26.0 Å². The van der Waals surface area contributed by atoms with Crippen LogP contribution in [-0.2, 0) is 19.6 Å². The zero-order chi connectivity index (χ0) is 12.7. The summed E-state index contributed by atoms with van der Waals surface area (Å²) in [6.45, 7) is 2.29. The highest BCUT2D eigenvalue weighted by Gasteiger charge is 2.43. The molecule has 1 amide bonds. The van der Waals surface area contributed by atoms with Crippen LogP contribution < -0.4 is 5.32 Å². The Morgan fingerprint density at radius 3 is 2.65 bits per heavy atom. The van der Waals surface area contributed by atoms with Crippen molar-refractivity contribution < 1.29 is 17.9 Å². The van der Waals surface area contributed by atoms with Gasteiger partial charge in [0.05, 0.1) is 19.4 Å². The van der Waals surface area contributed by atoms with Crippen LogP contribution in [0.2, 0.25) is 0 Å². The molecule has 1 saturated heterocycles. The van der Waals surface area contributed by atoms with Gasteiger partial charge < -0.3 is 10.1 Å². The summed E-state index contributed by atoms with van der Waals surface area (Å²) in [5.74, 6) is -0.214. The van der Waals surface area contributed by atoms with E-state index in [2.05, 4.69) is 5.32 Å². The number of hydrogen-bond donors (Lipinski definition) is 1. The van der Waals surface area contributed by atoms with Crippen molar-refractivity contribution in [3.8, 4) is 0 Å². The smallest absolute Gasteiger partial charge is 0.253 e. The van der Waals surface area contributed by atoms with Crippen molar-refractivity contribution in [3.63, 3.8) is 0 Å². The Hall–Kier alpha value is -0.660. The van der Waals surface area contributed by atoms with E-state index < -0.39 is 15.6 Å². The number of sulfonamides is 1. The van der Waals surface area contributed by atoms with Gasteiger partial charge >= 0.3 is 0 Å². The number of carbonyl (C=O) groups is 1. The second-order valence-corrected chi connectivity index (χ2v) is 6.91. The lowest BCUT2D eigenvalue weighted by Crippen LogP contribution is -2.59. The molecule has 1 saturated carbocycles.